The van der Waals surface area contributed by atoms with Gasteiger partial charge >= 0.3 is 0 Å². The molecule has 1 aliphatic heterocycles. The van der Waals surface area contributed by atoms with Crippen LogP contribution in [0.2, 0.25) is 0 Å². The van der Waals surface area contributed by atoms with Crippen LogP contribution in [-0.4, -0.2) is 45.5 Å². The molecule has 0 aromatic heterocycles. The Labute approximate surface area is 145 Å². The number of likely N-dealkylation sites (N-methyl/N-ethyl adjacent to an activating group) is 1. The molecule has 0 aliphatic carbocycles. The Bertz CT molecular complexity index is 720. The van der Waals surface area contributed by atoms with Crippen LogP contribution in [0.4, 0.5) is 0 Å². The monoisotopic (exact) mass is 381 g/mol. The molecule has 6 heteroatoms. The fraction of sp³-hybridized carbons (Fsp3) is 0.294. The highest BCUT2D eigenvalue weighted by atomic mass is 79.9. The summed E-state index contributed by atoms with van der Waals surface area (Å²) in [6.45, 7) is 1.57. The van der Waals surface area contributed by atoms with Gasteiger partial charge < -0.3 is 25.3 Å². The molecule has 1 unspecified atom stereocenters. The molecule has 0 bridgehead atoms. The fourth-order valence-electron chi connectivity index (χ4n) is 3.03. The standard InChI is InChI=1S/C17H19NO4.BrH/c1-18-5-4-11-7-16(21)17(22)8-12(11)13(9-18)10-2-3-14(19)15(20)6-10;/h2-3,6-8,13,19-22H,4-5,9H2,1H3;1H. The van der Waals surface area contributed by atoms with E-state index < -0.39 is 0 Å². The molecule has 4 N–H and O–H groups in total. The summed E-state index contributed by atoms with van der Waals surface area (Å²) < 4.78 is 0. The first-order valence-corrected chi connectivity index (χ1v) is 7.21. The number of benzene rings is 2. The predicted molar refractivity (Wildman–Crippen MR) is 92.9 cm³/mol. The molecule has 1 heterocycles. The van der Waals surface area contributed by atoms with Crippen molar-refractivity contribution >= 4 is 17.0 Å². The van der Waals surface area contributed by atoms with E-state index in [1.165, 1.54) is 6.07 Å². The smallest absolute Gasteiger partial charge is 0.157 e. The van der Waals surface area contributed by atoms with E-state index in [4.69, 9.17) is 0 Å². The molecule has 0 saturated heterocycles. The number of fused-ring (bicyclic) bond motifs is 1. The first-order valence-electron chi connectivity index (χ1n) is 7.21. The van der Waals surface area contributed by atoms with Gasteiger partial charge in [0, 0.05) is 19.0 Å². The molecular formula is C17H20BrNO4. The van der Waals surface area contributed by atoms with Crippen molar-refractivity contribution in [1.29, 1.82) is 0 Å². The molecule has 0 amide bonds. The van der Waals surface area contributed by atoms with Gasteiger partial charge in [-0.25, -0.2) is 0 Å². The van der Waals surface area contributed by atoms with E-state index in [1.54, 1.807) is 24.3 Å². The van der Waals surface area contributed by atoms with E-state index in [-0.39, 0.29) is 45.9 Å². The molecule has 23 heavy (non-hydrogen) atoms. The average molecular weight is 382 g/mol. The number of phenolic OH excluding ortho intramolecular Hbond substituents is 4. The molecule has 2 aromatic rings. The van der Waals surface area contributed by atoms with E-state index in [2.05, 4.69) is 4.90 Å². The van der Waals surface area contributed by atoms with Crippen LogP contribution in [-0.2, 0) is 6.42 Å². The summed E-state index contributed by atoms with van der Waals surface area (Å²) >= 11 is 0. The number of hydrogen-bond donors (Lipinski definition) is 4. The molecule has 5 nitrogen and oxygen atoms in total. The first-order chi connectivity index (χ1) is 10.5. The second-order valence-corrected chi connectivity index (χ2v) is 5.85. The topological polar surface area (TPSA) is 84.2 Å². The molecule has 0 radical (unpaired) electrons. The fourth-order valence-corrected chi connectivity index (χ4v) is 3.03. The summed E-state index contributed by atoms with van der Waals surface area (Å²) in [6.07, 6.45) is 0.778. The molecule has 1 aliphatic rings. The lowest BCUT2D eigenvalue weighted by Crippen LogP contribution is -2.24. The van der Waals surface area contributed by atoms with Gasteiger partial charge in [-0.1, -0.05) is 6.07 Å². The summed E-state index contributed by atoms with van der Waals surface area (Å²) in [5, 5.41) is 38.8. The largest absolute Gasteiger partial charge is 0.504 e. The van der Waals surface area contributed by atoms with Crippen molar-refractivity contribution in [3.05, 3.63) is 47.0 Å². The molecule has 0 saturated carbocycles. The van der Waals surface area contributed by atoms with E-state index in [0.717, 1.165) is 36.2 Å². The van der Waals surface area contributed by atoms with Gasteiger partial charge in [-0.05, 0) is 54.4 Å². The lowest BCUT2D eigenvalue weighted by atomic mass is 9.87. The Morgan fingerprint density at radius 3 is 2.26 bits per heavy atom. The lowest BCUT2D eigenvalue weighted by molar-refractivity contribution is 0.337. The Balaban J connectivity index is 0.00000192. The third kappa shape index (κ3) is 3.38. The molecule has 0 spiro atoms. The van der Waals surface area contributed by atoms with Gasteiger partial charge in [0.15, 0.2) is 23.0 Å². The van der Waals surface area contributed by atoms with Crippen molar-refractivity contribution in [3.63, 3.8) is 0 Å². The van der Waals surface area contributed by atoms with E-state index >= 15 is 0 Å². The number of nitrogens with zero attached hydrogens (tertiary/aromatic N) is 1. The molecule has 1 atom stereocenters. The zero-order chi connectivity index (χ0) is 15.9. The maximum absolute atomic E-state index is 9.84. The highest BCUT2D eigenvalue weighted by Gasteiger charge is 2.25. The third-order valence-electron chi connectivity index (χ3n) is 4.27. The van der Waals surface area contributed by atoms with E-state index in [0.29, 0.717) is 0 Å². The second kappa shape index (κ2) is 6.68. The van der Waals surface area contributed by atoms with Crippen molar-refractivity contribution in [2.75, 3.05) is 20.1 Å². The molecular weight excluding hydrogens is 362 g/mol. The van der Waals surface area contributed by atoms with Crippen molar-refractivity contribution in [3.8, 4) is 23.0 Å². The third-order valence-corrected chi connectivity index (χ3v) is 4.27. The van der Waals surface area contributed by atoms with Crippen molar-refractivity contribution in [2.45, 2.75) is 12.3 Å². The molecule has 0 fully saturated rings. The summed E-state index contributed by atoms with van der Waals surface area (Å²) in [7, 11) is 2.01. The van der Waals surface area contributed by atoms with Gasteiger partial charge in [-0.3, -0.25) is 0 Å². The summed E-state index contributed by atoms with van der Waals surface area (Å²) in [5.74, 6) is -0.624. The first kappa shape index (κ1) is 17.4. The number of phenols is 4. The van der Waals surface area contributed by atoms with Gasteiger partial charge in [0.2, 0.25) is 0 Å². The highest BCUT2D eigenvalue weighted by Crippen LogP contribution is 2.39. The van der Waals surface area contributed by atoms with Gasteiger partial charge in [-0.15, -0.1) is 17.0 Å². The van der Waals surface area contributed by atoms with Gasteiger partial charge in [0.1, 0.15) is 0 Å². The Morgan fingerprint density at radius 2 is 1.57 bits per heavy atom. The SMILES string of the molecule is Br.CN1CCc2cc(O)c(O)cc2C(c2ccc(O)c(O)c2)C1. The minimum atomic E-state index is -0.158. The van der Waals surface area contributed by atoms with Crippen LogP contribution >= 0.6 is 17.0 Å². The zero-order valence-corrected chi connectivity index (χ0v) is 14.4. The number of aromatic hydroxyl groups is 4. The number of hydrogen-bond acceptors (Lipinski definition) is 5. The minimum Gasteiger partial charge on any atom is -0.504 e. The van der Waals surface area contributed by atoms with Crippen molar-refractivity contribution in [2.24, 2.45) is 0 Å². The van der Waals surface area contributed by atoms with Crippen LogP contribution in [0.25, 0.3) is 0 Å². The lowest BCUT2D eigenvalue weighted by Gasteiger charge is -2.22. The number of halogens is 1. The van der Waals surface area contributed by atoms with Crippen molar-refractivity contribution in [1.82, 2.24) is 4.90 Å². The summed E-state index contributed by atoms with van der Waals surface area (Å²) in [5.41, 5.74) is 2.78. The van der Waals surface area contributed by atoms with E-state index in [1.807, 2.05) is 7.05 Å². The predicted octanol–water partition coefficient (Wildman–Crippen LogP) is 2.71. The van der Waals surface area contributed by atoms with Crippen LogP contribution in [0.15, 0.2) is 30.3 Å². The summed E-state index contributed by atoms with van der Waals surface area (Å²) in [4.78, 5) is 2.17. The van der Waals surface area contributed by atoms with Gasteiger partial charge in [0.25, 0.3) is 0 Å². The van der Waals surface area contributed by atoms with Gasteiger partial charge in [0.05, 0.1) is 0 Å². The minimum absolute atomic E-state index is 0. The van der Waals surface area contributed by atoms with E-state index in [9.17, 15) is 20.4 Å². The maximum atomic E-state index is 9.84. The maximum Gasteiger partial charge on any atom is 0.157 e. The Morgan fingerprint density at radius 1 is 0.913 bits per heavy atom. The average Bonchev–Trinajstić information content (AvgIpc) is 2.63. The van der Waals surface area contributed by atoms with Crippen LogP contribution in [0.5, 0.6) is 23.0 Å². The number of rotatable bonds is 1. The van der Waals surface area contributed by atoms with Crippen LogP contribution in [0, 0.1) is 0 Å². The van der Waals surface area contributed by atoms with Crippen LogP contribution in [0.1, 0.15) is 22.6 Å². The summed E-state index contributed by atoms with van der Waals surface area (Å²) in [6, 6.07) is 7.99. The Hall–Kier alpha value is -1.92. The van der Waals surface area contributed by atoms with Crippen molar-refractivity contribution < 1.29 is 20.4 Å². The molecule has 3 rings (SSSR count). The van der Waals surface area contributed by atoms with Gasteiger partial charge in [-0.2, -0.15) is 0 Å². The quantitative estimate of drug-likeness (QED) is 0.570. The Kier molecular flexibility index (Phi) is 5.06. The van der Waals surface area contributed by atoms with Crippen LogP contribution in [0.3, 0.4) is 0 Å². The zero-order valence-electron chi connectivity index (χ0n) is 12.7. The normalized spacial score (nSPS) is 17.9. The molecule has 124 valence electrons. The molecule has 2 aromatic carbocycles. The second-order valence-electron chi connectivity index (χ2n) is 5.85. The van der Waals surface area contributed by atoms with Crippen LogP contribution < -0.4 is 0 Å². The highest BCUT2D eigenvalue weighted by molar-refractivity contribution is 8.93.